The summed E-state index contributed by atoms with van der Waals surface area (Å²) in [5, 5.41) is 0. The molecule has 2 aromatic rings. The zero-order valence-electron chi connectivity index (χ0n) is 13.4. The van der Waals surface area contributed by atoms with Gasteiger partial charge in [0.05, 0.1) is 11.5 Å². The summed E-state index contributed by atoms with van der Waals surface area (Å²) in [4.78, 5) is 12.2. The first-order valence-corrected chi connectivity index (χ1v) is 9.13. The van der Waals surface area contributed by atoms with Crippen molar-refractivity contribution in [3.05, 3.63) is 59.7 Å². The molecule has 0 saturated carbocycles. The summed E-state index contributed by atoms with van der Waals surface area (Å²) in [5.74, 6) is 5.61. The van der Waals surface area contributed by atoms with E-state index in [4.69, 9.17) is 15.3 Å². The highest BCUT2D eigenvalue weighted by molar-refractivity contribution is 7.89. The molecular weight excluding hydrogens is 344 g/mol. The second-order valence-electron chi connectivity index (χ2n) is 5.51. The van der Waals surface area contributed by atoms with Crippen molar-refractivity contribution < 1.29 is 22.7 Å². The molecule has 0 spiro atoms. The molecule has 7 nitrogen and oxygen atoms in total. The maximum atomic E-state index is 12.4. The Kier molecular flexibility index (Phi) is 5.03. The number of amides is 1. The van der Waals surface area contributed by atoms with Crippen LogP contribution in [0.25, 0.3) is 0 Å². The van der Waals surface area contributed by atoms with Gasteiger partial charge in [0.25, 0.3) is 15.9 Å². The molecule has 0 fully saturated rings. The smallest absolute Gasteiger partial charge is 0.280 e. The van der Waals surface area contributed by atoms with Crippen LogP contribution < -0.4 is 10.6 Å². The quantitative estimate of drug-likeness (QED) is 0.492. The summed E-state index contributed by atoms with van der Waals surface area (Å²) in [6.45, 7) is 0.593. The van der Waals surface area contributed by atoms with Gasteiger partial charge >= 0.3 is 0 Å². The fraction of sp³-hybridized carbons (Fsp3) is 0.235. The zero-order chi connectivity index (χ0) is 17.9. The molecule has 2 N–H and O–H groups in total. The number of nitrogens with zero attached hydrogens (tertiary/aromatic N) is 1. The van der Waals surface area contributed by atoms with Gasteiger partial charge in [-0.25, -0.2) is 5.84 Å². The van der Waals surface area contributed by atoms with Crippen LogP contribution >= 0.6 is 0 Å². The number of sulfonamides is 1. The number of benzene rings is 2. The van der Waals surface area contributed by atoms with Crippen LogP contribution in [0.2, 0.25) is 0 Å². The van der Waals surface area contributed by atoms with E-state index in [1.54, 1.807) is 18.2 Å². The Morgan fingerprint density at radius 1 is 1.12 bits per heavy atom. The van der Waals surface area contributed by atoms with Gasteiger partial charge in [-0.2, -0.15) is 12.8 Å². The van der Waals surface area contributed by atoms with Crippen LogP contribution in [0.1, 0.15) is 17.5 Å². The lowest BCUT2D eigenvalue weighted by atomic mass is 10.0. The molecule has 8 heteroatoms. The van der Waals surface area contributed by atoms with Gasteiger partial charge in [0.2, 0.25) is 0 Å². The van der Waals surface area contributed by atoms with Crippen molar-refractivity contribution in [2.45, 2.75) is 24.3 Å². The van der Waals surface area contributed by atoms with Crippen LogP contribution in [0.5, 0.6) is 5.75 Å². The number of aryl methyl sites for hydroxylation is 1. The minimum atomic E-state index is -4.05. The highest BCUT2D eigenvalue weighted by atomic mass is 32.2. The molecule has 0 aromatic heterocycles. The lowest BCUT2D eigenvalue weighted by Gasteiger charge is -2.21. The van der Waals surface area contributed by atoms with Gasteiger partial charge in [0.15, 0.2) is 6.79 Å². The van der Waals surface area contributed by atoms with Crippen molar-refractivity contribution in [2.75, 3.05) is 6.79 Å². The summed E-state index contributed by atoms with van der Waals surface area (Å²) >= 11 is 0. The molecule has 1 amide bonds. The lowest BCUT2D eigenvalue weighted by Crippen LogP contribution is -2.42. The molecule has 1 aliphatic heterocycles. The summed E-state index contributed by atoms with van der Waals surface area (Å²) < 4.78 is 35.7. The van der Waals surface area contributed by atoms with Crippen LogP contribution in [0.3, 0.4) is 0 Å². The molecule has 0 unspecified atom stereocenters. The van der Waals surface area contributed by atoms with E-state index < -0.39 is 15.9 Å². The predicted octanol–water partition coefficient (Wildman–Crippen LogP) is 1.58. The van der Waals surface area contributed by atoms with Crippen LogP contribution in [0.15, 0.2) is 53.4 Å². The van der Waals surface area contributed by atoms with Gasteiger partial charge in [0.1, 0.15) is 5.75 Å². The topological polar surface area (TPSA) is 98.9 Å². The molecular formula is C17H18N2O5S. The summed E-state index contributed by atoms with van der Waals surface area (Å²) in [6.07, 6.45) is 0.297. The van der Waals surface area contributed by atoms with Gasteiger partial charge in [-0.05, 0) is 30.2 Å². The molecule has 2 aromatic carbocycles. The highest BCUT2D eigenvalue weighted by Crippen LogP contribution is 2.27. The fourth-order valence-corrected chi connectivity index (χ4v) is 3.67. The molecule has 3 rings (SSSR count). The molecule has 132 valence electrons. The molecule has 0 bridgehead atoms. The largest absolute Gasteiger partial charge is 0.467 e. The monoisotopic (exact) mass is 362 g/mol. The lowest BCUT2D eigenvalue weighted by molar-refractivity contribution is -0.126. The number of nitrogens with two attached hydrogens (primary N) is 1. The van der Waals surface area contributed by atoms with Gasteiger partial charge in [0, 0.05) is 12.0 Å². The van der Waals surface area contributed by atoms with Crippen molar-refractivity contribution in [3.8, 4) is 5.75 Å². The van der Waals surface area contributed by atoms with Gasteiger partial charge < -0.3 is 9.47 Å². The Morgan fingerprint density at radius 3 is 2.64 bits per heavy atom. The van der Waals surface area contributed by atoms with Crippen LogP contribution in [0.4, 0.5) is 0 Å². The summed E-state index contributed by atoms with van der Waals surface area (Å²) in [7, 11) is -4.05. The van der Waals surface area contributed by atoms with Crippen molar-refractivity contribution in [1.82, 2.24) is 4.41 Å². The van der Waals surface area contributed by atoms with Crippen LogP contribution in [0, 0.1) is 0 Å². The molecule has 1 heterocycles. The Morgan fingerprint density at radius 2 is 1.88 bits per heavy atom. The molecule has 25 heavy (non-hydrogen) atoms. The minimum Gasteiger partial charge on any atom is -0.467 e. The minimum absolute atomic E-state index is 0.0234. The number of fused-ring (bicyclic) bond motifs is 1. The number of hydrazine groups is 1. The molecule has 0 saturated heterocycles. The molecule has 0 aliphatic carbocycles. The molecule has 1 aliphatic rings. The predicted molar refractivity (Wildman–Crippen MR) is 89.7 cm³/mol. The second-order valence-corrected chi connectivity index (χ2v) is 7.33. The maximum Gasteiger partial charge on any atom is 0.280 e. The van der Waals surface area contributed by atoms with E-state index in [1.807, 2.05) is 18.2 Å². The van der Waals surface area contributed by atoms with Crippen LogP contribution in [-0.4, -0.2) is 25.5 Å². The first kappa shape index (κ1) is 17.4. The number of ether oxygens (including phenoxy) is 2. The highest BCUT2D eigenvalue weighted by Gasteiger charge is 2.26. The average molecular weight is 362 g/mol. The normalized spacial score (nSPS) is 13.6. The first-order valence-electron chi connectivity index (χ1n) is 7.69. The van der Waals surface area contributed by atoms with E-state index in [0.29, 0.717) is 17.4 Å². The van der Waals surface area contributed by atoms with Crippen molar-refractivity contribution in [3.63, 3.8) is 0 Å². The number of hydrogen-bond donors (Lipinski definition) is 1. The first-order chi connectivity index (χ1) is 12.0. The second kappa shape index (κ2) is 7.22. The Hall–Kier alpha value is -2.42. The van der Waals surface area contributed by atoms with E-state index in [9.17, 15) is 13.2 Å². The van der Waals surface area contributed by atoms with E-state index in [1.165, 1.54) is 12.1 Å². The third-order valence-electron chi connectivity index (χ3n) is 3.93. The fourth-order valence-electron chi connectivity index (χ4n) is 2.59. The van der Waals surface area contributed by atoms with Crippen molar-refractivity contribution >= 4 is 15.9 Å². The third kappa shape index (κ3) is 3.65. The van der Waals surface area contributed by atoms with Gasteiger partial charge in [-0.15, -0.1) is 0 Å². The number of carbonyl (C=O) groups excluding carboxylic acids is 1. The van der Waals surface area contributed by atoms with Crippen molar-refractivity contribution in [2.24, 2.45) is 5.84 Å². The summed E-state index contributed by atoms with van der Waals surface area (Å²) in [5.41, 5.74) is 1.74. The van der Waals surface area contributed by atoms with Crippen LogP contribution in [-0.2, 0) is 32.6 Å². The van der Waals surface area contributed by atoms with E-state index >= 15 is 0 Å². The maximum absolute atomic E-state index is 12.4. The van der Waals surface area contributed by atoms with Crippen molar-refractivity contribution in [1.29, 1.82) is 0 Å². The Labute approximate surface area is 146 Å². The Bertz CT molecular complexity index is 868. The Balaban J connectivity index is 1.71. The van der Waals surface area contributed by atoms with E-state index in [-0.39, 0.29) is 18.1 Å². The van der Waals surface area contributed by atoms with Gasteiger partial charge in [-0.3, -0.25) is 4.79 Å². The van der Waals surface area contributed by atoms with E-state index in [2.05, 4.69) is 0 Å². The number of carbonyl (C=O) groups is 1. The van der Waals surface area contributed by atoms with E-state index in [0.717, 1.165) is 16.9 Å². The molecule has 0 radical (unpaired) electrons. The summed E-state index contributed by atoms with van der Waals surface area (Å²) in [6, 6.07) is 13.1. The standard InChI is InChI=1S/C17H18N2O5S/c18-19(25(21,22)14-6-2-1-3-7-14)17(20)10-9-13-5-4-8-16-15(13)11-23-12-24-16/h1-8H,9-12,18H2. The average Bonchev–Trinajstić information content (AvgIpc) is 2.66. The molecule has 0 atom stereocenters. The number of rotatable bonds is 5. The third-order valence-corrected chi connectivity index (χ3v) is 5.52. The van der Waals surface area contributed by atoms with Gasteiger partial charge in [-0.1, -0.05) is 30.3 Å². The zero-order valence-corrected chi connectivity index (χ0v) is 14.2. The number of hydrogen-bond acceptors (Lipinski definition) is 6. The SMILES string of the molecule is NN(C(=O)CCc1cccc2c1COCO2)S(=O)(=O)c1ccccc1.